The molecule has 0 aromatic heterocycles. The van der Waals surface area contributed by atoms with Crippen molar-refractivity contribution in [2.24, 2.45) is 5.92 Å². The quantitative estimate of drug-likeness (QED) is 0.854. The average molecular weight is 301 g/mol. The Bertz CT molecular complexity index is 587. The number of benzene rings is 1. The summed E-state index contributed by atoms with van der Waals surface area (Å²) >= 11 is 0. The molecular formula is C19H24FNO. The van der Waals surface area contributed by atoms with Crippen molar-refractivity contribution in [3.8, 4) is 0 Å². The Kier molecular flexibility index (Phi) is 3.56. The normalized spacial score (nSPS) is 34.1. The van der Waals surface area contributed by atoms with E-state index in [1.54, 1.807) is 0 Å². The number of alkyl halides is 1. The van der Waals surface area contributed by atoms with Gasteiger partial charge in [-0.05, 0) is 55.7 Å². The molecule has 1 heterocycles. The van der Waals surface area contributed by atoms with Crippen molar-refractivity contribution in [3.63, 3.8) is 0 Å². The van der Waals surface area contributed by atoms with E-state index in [2.05, 4.69) is 29.2 Å². The molecule has 1 aliphatic heterocycles. The van der Waals surface area contributed by atoms with E-state index in [0.29, 0.717) is 24.2 Å². The number of piperidine rings is 1. The summed E-state index contributed by atoms with van der Waals surface area (Å²) in [6.45, 7) is 1.54. The van der Waals surface area contributed by atoms with Crippen LogP contribution >= 0.6 is 0 Å². The number of carbonyl (C=O) groups excluding carboxylic acids is 1. The number of hydrogen-bond acceptors (Lipinski definition) is 2. The molecule has 22 heavy (non-hydrogen) atoms. The molecule has 2 aliphatic carbocycles. The summed E-state index contributed by atoms with van der Waals surface area (Å²) in [7, 11) is 0. The summed E-state index contributed by atoms with van der Waals surface area (Å²) in [5.74, 6) is 0.906. The van der Waals surface area contributed by atoms with E-state index in [1.807, 2.05) is 0 Å². The number of carbonyl (C=O) groups is 1. The zero-order valence-corrected chi connectivity index (χ0v) is 13.1. The lowest BCUT2D eigenvalue weighted by Gasteiger charge is -2.58. The average Bonchev–Trinajstić information content (AvgIpc) is 2.54. The molecule has 0 amide bonds. The lowest BCUT2D eigenvalue weighted by molar-refractivity contribution is -0.136. The van der Waals surface area contributed by atoms with Crippen molar-refractivity contribution in [3.05, 3.63) is 35.4 Å². The predicted octanol–water partition coefficient (Wildman–Crippen LogP) is 3.28. The highest BCUT2D eigenvalue weighted by molar-refractivity contribution is 5.92. The number of halogens is 1. The minimum atomic E-state index is -0.242. The van der Waals surface area contributed by atoms with Gasteiger partial charge in [-0.2, -0.15) is 0 Å². The van der Waals surface area contributed by atoms with Gasteiger partial charge in [0.25, 0.3) is 0 Å². The topological polar surface area (TPSA) is 20.3 Å². The Balaban J connectivity index is 1.78. The molecule has 3 aliphatic rings. The lowest BCUT2D eigenvalue weighted by atomic mass is 9.52. The predicted molar refractivity (Wildman–Crippen MR) is 84.7 cm³/mol. The maximum atomic E-state index is 13.0. The number of fused-ring (bicyclic) bond motifs is 1. The molecule has 1 saturated heterocycles. The van der Waals surface area contributed by atoms with E-state index < -0.39 is 0 Å². The Labute approximate surface area is 131 Å². The van der Waals surface area contributed by atoms with Crippen LogP contribution in [-0.4, -0.2) is 36.5 Å². The SMILES string of the molecule is O=C1CCC[C@H]2[C@H]3Cc4ccccc4[C@@]12CCN3CCCF. The summed E-state index contributed by atoms with van der Waals surface area (Å²) in [6, 6.07) is 8.99. The smallest absolute Gasteiger partial charge is 0.143 e. The first-order chi connectivity index (χ1) is 10.8. The highest BCUT2D eigenvalue weighted by Crippen LogP contribution is 2.54. The van der Waals surface area contributed by atoms with E-state index in [1.165, 1.54) is 11.1 Å². The van der Waals surface area contributed by atoms with E-state index in [4.69, 9.17) is 0 Å². The molecule has 1 aromatic rings. The second-order valence-corrected chi connectivity index (χ2v) is 7.15. The van der Waals surface area contributed by atoms with Crippen LogP contribution in [0.25, 0.3) is 0 Å². The molecule has 1 saturated carbocycles. The number of Topliss-reactive ketones (excluding diaryl/α,β-unsaturated/α-hetero) is 1. The third-order valence-corrected chi connectivity index (χ3v) is 6.28. The zero-order valence-electron chi connectivity index (χ0n) is 13.1. The van der Waals surface area contributed by atoms with Crippen molar-refractivity contribution in [2.75, 3.05) is 19.8 Å². The first-order valence-electron chi connectivity index (χ1n) is 8.69. The number of likely N-dealkylation sites (tertiary alicyclic amines) is 1. The van der Waals surface area contributed by atoms with E-state index in [0.717, 1.165) is 45.2 Å². The molecule has 2 bridgehead atoms. The van der Waals surface area contributed by atoms with Crippen molar-refractivity contribution in [1.82, 2.24) is 4.90 Å². The highest BCUT2D eigenvalue weighted by atomic mass is 19.1. The van der Waals surface area contributed by atoms with Crippen molar-refractivity contribution < 1.29 is 9.18 Å². The number of rotatable bonds is 3. The fraction of sp³-hybridized carbons (Fsp3) is 0.632. The van der Waals surface area contributed by atoms with Crippen LogP contribution in [-0.2, 0) is 16.6 Å². The summed E-state index contributed by atoms with van der Waals surface area (Å²) in [6.07, 6.45) is 5.49. The van der Waals surface area contributed by atoms with Gasteiger partial charge >= 0.3 is 0 Å². The van der Waals surface area contributed by atoms with Gasteiger partial charge in [0.15, 0.2) is 0 Å². The Morgan fingerprint density at radius 1 is 1.32 bits per heavy atom. The Hall–Kier alpha value is -1.22. The standard InChI is InChI=1S/C19H24FNO/c20-10-4-11-21-12-9-19-15-6-2-1-5-14(15)13-17(21)16(19)7-3-8-18(19)22/h1-2,5-6,16-17H,3-4,7-13H2/t16-,17+,19+/m0/s1. The van der Waals surface area contributed by atoms with Gasteiger partial charge in [-0.15, -0.1) is 0 Å². The maximum Gasteiger partial charge on any atom is 0.143 e. The fourth-order valence-electron chi connectivity index (χ4n) is 5.40. The zero-order chi connectivity index (χ0) is 15.2. The minimum absolute atomic E-state index is 0.232. The monoisotopic (exact) mass is 301 g/mol. The largest absolute Gasteiger partial charge is 0.300 e. The second kappa shape index (κ2) is 5.45. The molecule has 4 rings (SSSR count). The summed E-state index contributed by atoms with van der Waals surface area (Å²) < 4.78 is 12.6. The van der Waals surface area contributed by atoms with Crippen LogP contribution in [0.4, 0.5) is 4.39 Å². The molecule has 1 aromatic carbocycles. The van der Waals surface area contributed by atoms with Gasteiger partial charge in [-0.3, -0.25) is 14.1 Å². The van der Waals surface area contributed by atoms with Gasteiger partial charge in [0.05, 0.1) is 12.1 Å². The van der Waals surface area contributed by atoms with E-state index >= 15 is 0 Å². The van der Waals surface area contributed by atoms with Gasteiger partial charge in [0.1, 0.15) is 5.78 Å². The molecule has 0 radical (unpaired) electrons. The van der Waals surface area contributed by atoms with Crippen molar-refractivity contribution >= 4 is 5.78 Å². The molecular weight excluding hydrogens is 277 g/mol. The van der Waals surface area contributed by atoms with Gasteiger partial charge < -0.3 is 0 Å². The molecule has 3 heteroatoms. The molecule has 118 valence electrons. The van der Waals surface area contributed by atoms with Crippen molar-refractivity contribution in [2.45, 2.75) is 50.0 Å². The van der Waals surface area contributed by atoms with Crippen LogP contribution in [0.5, 0.6) is 0 Å². The van der Waals surface area contributed by atoms with Gasteiger partial charge in [-0.25, -0.2) is 0 Å². The van der Waals surface area contributed by atoms with Crippen LogP contribution in [0.3, 0.4) is 0 Å². The summed E-state index contributed by atoms with van der Waals surface area (Å²) in [5, 5.41) is 0. The number of hydrogen-bond donors (Lipinski definition) is 0. The second-order valence-electron chi connectivity index (χ2n) is 7.15. The Morgan fingerprint density at radius 2 is 2.18 bits per heavy atom. The highest BCUT2D eigenvalue weighted by Gasteiger charge is 2.57. The minimum Gasteiger partial charge on any atom is -0.300 e. The fourth-order valence-corrected chi connectivity index (χ4v) is 5.40. The number of ketones is 1. The molecule has 0 unspecified atom stereocenters. The van der Waals surface area contributed by atoms with Crippen LogP contribution in [0.2, 0.25) is 0 Å². The Morgan fingerprint density at radius 3 is 3.05 bits per heavy atom. The third kappa shape index (κ3) is 1.91. The lowest BCUT2D eigenvalue weighted by Crippen LogP contribution is -2.64. The van der Waals surface area contributed by atoms with Gasteiger partial charge in [0, 0.05) is 19.0 Å². The van der Waals surface area contributed by atoms with Crippen LogP contribution in [0, 0.1) is 5.92 Å². The van der Waals surface area contributed by atoms with Gasteiger partial charge in [-0.1, -0.05) is 24.3 Å². The number of nitrogens with zero attached hydrogens (tertiary/aromatic N) is 1. The molecule has 2 nitrogen and oxygen atoms in total. The van der Waals surface area contributed by atoms with E-state index in [9.17, 15) is 9.18 Å². The summed E-state index contributed by atoms with van der Waals surface area (Å²) in [5.41, 5.74) is 2.43. The first-order valence-corrected chi connectivity index (χ1v) is 8.69. The van der Waals surface area contributed by atoms with E-state index in [-0.39, 0.29) is 12.1 Å². The molecule has 0 N–H and O–H groups in total. The molecule has 2 fully saturated rings. The van der Waals surface area contributed by atoms with Gasteiger partial charge in [0.2, 0.25) is 0 Å². The van der Waals surface area contributed by atoms with Crippen LogP contribution < -0.4 is 0 Å². The third-order valence-electron chi connectivity index (χ3n) is 6.28. The van der Waals surface area contributed by atoms with Crippen molar-refractivity contribution in [1.29, 1.82) is 0 Å². The van der Waals surface area contributed by atoms with Crippen LogP contribution in [0.1, 0.15) is 43.2 Å². The first kappa shape index (κ1) is 14.4. The molecule has 0 spiro atoms. The molecule has 3 atom stereocenters. The summed E-state index contributed by atoms with van der Waals surface area (Å²) in [4.78, 5) is 15.4. The maximum absolute atomic E-state index is 13.0. The van der Waals surface area contributed by atoms with Crippen LogP contribution in [0.15, 0.2) is 24.3 Å².